The number of aromatic nitrogens is 2. The van der Waals surface area contributed by atoms with Crippen LogP contribution < -0.4 is 0 Å². The third kappa shape index (κ3) is 6.04. The van der Waals surface area contributed by atoms with E-state index in [1.807, 2.05) is 0 Å². The maximum Gasteiger partial charge on any atom is 0.0895 e. The Balaban J connectivity index is 1.59. The van der Waals surface area contributed by atoms with Crippen molar-refractivity contribution in [1.82, 2.24) is 9.97 Å². The highest BCUT2D eigenvalue weighted by Gasteiger charge is 2.08. The molecule has 0 aromatic carbocycles. The molecule has 0 unspecified atom stereocenters. The normalized spacial score (nSPS) is 12.2. The molecule has 0 saturated carbocycles. The summed E-state index contributed by atoms with van der Waals surface area (Å²) in [5, 5.41) is 8.32. The van der Waals surface area contributed by atoms with Crippen LogP contribution >= 0.6 is 45.3 Å². The second-order valence-corrected chi connectivity index (χ2v) is 11.1. The molecule has 0 atom stereocenters. The quantitative estimate of drug-likeness (QED) is 0.207. The average Bonchev–Trinajstić information content (AvgIpc) is 3.68. The maximum absolute atomic E-state index is 5.05. The summed E-state index contributed by atoms with van der Waals surface area (Å²) >= 11 is 6.83. The van der Waals surface area contributed by atoms with Gasteiger partial charge in [0.2, 0.25) is 0 Å². The highest BCUT2D eigenvalue weighted by atomic mass is 32.1. The van der Waals surface area contributed by atoms with E-state index in [0.717, 1.165) is 22.8 Å². The smallest absolute Gasteiger partial charge is 0.0895 e. The van der Waals surface area contributed by atoms with E-state index in [-0.39, 0.29) is 0 Å². The SMILES string of the molecule is C(=Cc1nc(C=Cc2cccs2)c(C=Cc2cccs2)nc1C=Cc1cccs1)c1cccs1. The van der Waals surface area contributed by atoms with Crippen molar-refractivity contribution in [1.29, 1.82) is 0 Å². The average molecular weight is 513 g/mol. The molecule has 0 aliphatic rings. The highest BCUT2D eigenvalue weighted by Crippen LogP contribution is 2.23. The van der Waals surface area contributed by atoms with E-state index >= 15 is 0 Å². The lowest BCUT2D eigenvalue weighted by Crippen LogP contribution is -1.99. The Morgan fingerprint density at radius 1 is 0.382 bits per heavy atom. The van der Waals surface area contributed by atoms with E-state index in [1.165, 1.54) is 19.5 Å². The summed E-state index contributed by atoms with van der Waals surface area (Å²) in [6.45, 7) is 0. The molecule has 0 bridgehead atoms. The van der Waals surface area contributed by atoms with Crippen LogP contribution in [-0.2, 0) is 0 Å². The summed E-state index contributed by atoms with van der Waals surface area (Å²) in [4.78, 5) is 14.8. The van der Waals surface area contributed by atoms with E-state index in [1.54, 1.807) is 45.3 Å². The van der Waals surface area contributed by atoms with Gasteiger partial charge in [-0.05, 0) is 94.4 Å². The third-order valence-electron chi connectivity index (χ3n) is 4.80. The fourth-order valence-electron chi connectivity index (χ4n) is 3.17. The molecule has 0 spiro atoms. The van der Waals surface area contributed by atoms with Crippen LogP contribution in [0.1, 0.15) is 42.3 Å². The Labute approximate surface area is 215 Å². The summed E-state index contributed by atoms with van der Waals surface area (Å²) < 4.78 is 0. The molecular formula is C28H20N2S4. The third-order valence-corrected chi connectivity index (χ3v) is 8.15. The topological polar surface area (TPSA) is 25.8 Å². The van der Waals surface area contributed by atoms with E-state index in [4.69, 9.17) is 9.97 Å². The van der Waals surface area contributed by atoms with Gasteiger partial charge in [-0.25, -0.2) is 9.97 Å². The molecule has 0 N–H and O–H groups in total. The van der Waals surface area contributed by atoms with Crippen molar-refractivity contribution in [2.24, 2.45) is 0 Å². The highest BCUT2D eigenvalue weighted by molar-refractivity contribution is 7.11. The van der Waals surface area contributed by atoms with Crippen molar-refractivity contribution in [3.63, 3.8) is 0 Å². The maximum atomic E-state index is 5.05. The van der Waals surface area contributed by atoms with Gasteiger partial charge in [0.25, 0.3) is 0 Å². The van der Waals surface area contributed by atoms with Crippen molar-refractivity contribution in [3.05, 3.63) is 112 Å². The number of thiophene rings is 4. The lowest BCUT2D eigenvalue weighted by atomic mass is 10.1. The fraction of sp³-hybridized carbons (Fsp3) is 0. The lowest BCUT2D eigenvalue weighted by Gasteiger charge is -2.07. The monoisotopic (exact) mass is 512 g/mol. The fourth-order valence-corrected chi connectivity index (χ4v) is 5.64. The minimum Gasteiger partial charge on any atom is -0.245 e. The van der Waals surface area contributed by atoms with Crippen molar-refractivity contribution in [2.75, 3.05) is 0 Å². The molecule has 0 aliphatic heterocycles. The largest absolute Gasteiger partial charge is 0.245 e. The molecule has 166 valence electrons. The van der Waals surface area contributed by atoms with Gasteiger partial charge in [-0.2, -0.15) is 0 Å². The summed E-state index contributed by atoms with van der Waals surface area (Å²) in [7, 11) is 0. The predicted octanol–water partition coefficient (Wildman–Crippen LogP) is 9.40. The van der Waals surface area contributed by atoms with Gasteiger partial charge < -0.3 is 0 Å². The summed E-state index contributed by atoms with van der Waals surface area (Å²) in [6, 6.07) is 16.6. The van der Waals surface area contributed by atoms with Gasteiger partial charge in [0.1, 0.15) is 0 Å². The zero-order valence-electron chi connectivity index (χ0n) is 18.1. The molecule has 6 heteroatoms. The molecule has 0 fully saturated rings. The number of rotatable bonds is 8. The first-order valence-electron chi connectivity index (χ1n) is 10.6. The van der Waals surface area contributed by atoms with Crippen LogP contribution in [0, 0.1) is 0 Å². The molecule has 0 amide bonds. The Morgan fingerprint density at radius 3 is 0.853 bits per heavy atom. The van der Waals surface area contributed by atoms with Crippen LogP contribution in [0.25, 0.3) is 48.6 Å². The first-order valence-corrected chi connectivity index (χ1v) is 14.1. The van der Waals surface area contributed by atoms with Gasteiger partial charge in [0, 0.05) is 19.5 Å². The van der Waals surface area contributed by atoms with Gasteiger partial charge in [-0.1, -0.05) is 24.3 Å². The lowest BCUT2D eigenvalue weighted by molar-refractivity contribution is 1.12. The molecule has 5 rings (SSSR count). The summed E-state index contributed by atoms with van der Waals surface area (Å²) in [5.41, 5.74) is 3.39. The van der Waals surface area contributed by atoms with E-state index in [0.29, 0.717) is 0 Å². The van der Waals surface area contributed by atoms with Crippen LogP contribution in [-0.4, -0.2) is 9.97 Å². The zero-order valence-corrected chi connectivity index (χ0v) is 21.3. The van der Waals surface area contributed by atoms with Crippen LogP contribution in [0.4, 0.5) is 0 Å². The van der Waals surface area contributed by atoms with Crippen molar-refractivity contribution in [2.45, 2.75) is 0 Å². The van der Waals surface area contributed by atoms with Crippen molar-refractivity contribution < 1.29 is 0 Å². The molecule has 2 nitrogen and oxygen atoms in total. The van der Waals surface area contributed by atoms with Crippen molar-refractivity contribution in [3.8, 4) is 0 Å². The number of hydrogen-bond donors (Lipinski definition) is 0. The summed E-state index contributed by atoms with van der Waals surface area (Å²) in [5.74, 6) is 0. The van der Waals surface area contributed by atoms with E-state index < -0.39 is 0 Å². The van der Waals surface area contributed by atoms with Crippen LogP contribution in [0.2, 0.25) is 0 Å². The Hall–Kier alpha value is -3.16. The van der Waals surface area contributed by atoms with Gasteiger partial charge >= 0.3 is 0 Å². The molecule has 0 saturated heterocycles. The van der Waals surface area contributed by atoms with E-state index in [9.17, 15) is 0 Å². The summed E-state index contributed by atoms with van der Waals surface area (Å²) in [6.07, 6.45) is 16.6. The van der Waals surface area contributed by atoms with Crippen LogP contribution in [0.3, 0.4) is 0 Å². The second kappa shape index (κ2) is 11.3. The predicted molar refractivity (Wildman–Crippen MR) is 155 cm³/mol. The van der Waals surface area contributed by atoms with E-state index in [2.05, 4.69) is 119 Å². The molecule has 5 heterocycles. The Morgan fingerprint density at radius 2 is 0.647 bits per heavy atom. The molecule has 0 aliphatic carbocycles. The van der Waals surface area contributed by atoms with Gasteiger partial charge in [0.05, 0.1) is 22.8 Å². The van der Waals surface area contributed by atoms with Crippen LogP contribution in [0.15, 0.2) is 70.1 Å². The first kappa shape index (κ1) is 22.6. The second-order valence-electron chi connectivity index (χ2n) is 7.16. The minimum absolute atomic E-state index is 0.848. The minimum atomic E-state index is 0.848. The number of nitrogens with zero attached hydrogens (tertiary/aromatic N) is 2. The first-order chi connectivity index (χ1) is 16.8. The Kier molecular flexibility index (Phi) is 7.53. The molecule has 5 aromatic heterocycles. The van der Waals surface area contributed by atoms with Crippen LogP contribution in [0.5, 0.6) is 0 Å². The zero-order chi connectivity index (χ0) is 23.0. The number of hydrogen-bond acceptors (Lipinski definition) is 6. The molecule has 34 heavy (non-hydrogen) atoms. The van der Waals surface area contributed by atoms with Gasteiger partial charge in [-0.15, -0.1) is 45.3 Å². The molecule has 0 radical (unpaired) electrons. The Bertz CT molecular complexity index is 1200. The van der Waals surface area contributed by atoms with Crippen molar-refractivity contribution >= 4 is 94.0 Å². The van der Waals surface area contributed by atoms with Gasteiger partial charge in [0.15, 0.2) is 0 Å². The van der Waals surface area contributed by atoms with Gasteiger partial charge in [-0.3, -0.25) is 0 Å². The standard InChI is InChI=1S/C28H20N2S4/c1-5-21(31-17-1)9-13-25-26(14-10-22-6-2-18-32-22)30-28(16-12-24-8-4-20-34-24)27(29-25)15-11-23-7-3-19-33-23/h1-20H. The molecule has 5 aromatic rings. The molecular weight excluding hydrogens is 493 g/mol.